The number of pyridine rings is 1. The maximum Gasteiger partial charge on any atom is 1.00 e. The van der Waals surface area contributed by atoms with Gasteiger partial charge in [-0.05, 0) is 84.2 Å². The van der Waals surface area contributed by atoms with Crippen molar-refractivity contribution in [3.05, 3.63) is 125 Å². The number of fused-ring (bicyclic) bond motifs is 1. The van der Waals surface area contributed by atoms with Crippen LogP contribution in [-0.4, -0.2) is 35.1 Å². The summed E-state index contributed by atoms with van der Waals surface area (Å²) in [5, 5.41) is 11.2. The van der Waals surface area contributed by atoms with E-state index in [0.29, 0.717) is 5.71 Å². The van der Waals surface area contributed by atoms with Gasteiger partial charge in [-0.1, -0.05) is 105 Å². The van der Waals surface area contributed by atoms with E-state index in [-0.39, 0.29) is 64.1 Å². The molecule has 0 unspecified atom stereocenters. The average molecular weight is 756 g/mol. The minimum absolute atomic E-state index is 0. The number of para-hydroxylation sites is 2. The molecular formula is C44H54F3KN2O3. The van der Waals surface area contributed by atoms with Crippen molar-refractivity contribution >= 4 is 22.3 Å². The Morgan fingerprint density at radius 3 is 1.79 bits per heavy atom. The van der Waals surface area contributed by atoms with Gasteiger partial charge >= 0.3 is 57.6 Å². The van der Waals surface area contributed by atoms with Crippen LogP contribution in [0.1, 0.15) is 85.0 Å². The predicted octanol–water partition coefficient (Wildman–Crippen LogP) is 8.73. The zero-order chi connectivity index (χ0) is 38.5. The van der Waals surface area contributed by atoms with E-state index in [1.54, 1.807) is 33.8 Å². The smallest absolute Gasteiger partial charge is 0.850 e. The van der Waals surface area contributed by atoms with Crippen LogP contribution >= 0.6 is 0 Å². The molecule has 5 nitrogen and oxygen atoms in total. The molecule has 53 heavy (non-hydrogen) atoms. The molecule has 0 aliphatic carbocycles. The van der Waals surface area contributed by atoms with E-state index < -0.39 is 17.3 Å². The van der Waals surface area contributed by atoms with E-state index in [9.17, 15) is 18.3 Å². The van der Waals surface area contributed by atoms with Gasteiger partial charge in [0.15, 0.2) is 0 Å². The number of nitrogens with zero attached hydrogens (tertiary/aromatic N) is 2. The van der Waals surface area contributed by atoms with E-state index in [4.69, 9.17) is 14.5 Å². The maximum atomic E-state index is 12.9. The Kier molecular flexibility index (Phi) is 18.6. The van der Waals surface area contributed by atoms with E-state index in [1.807, 2.05) is 55.5 Å². The summed E-state index contributed by atoms with van der Waals surface area (Å²) < 4.78 is 49.8. The minimum atomic E-state index is -4.40. The van der Waals surface area contributed by atoms with Crippen molar-refractivity contribution in [1.29, 1.82) is 0 Å². The quantitative estimate of drug-likeness (QED) is 0.136. The fourth-order valence-electron chi connectivity index (χ4n) is 4.79. The molecule has 280 valence electrons. The molecule has 0 atom stereocenters. The molecule has 9 heteroatoms. The molecule has 5 aromatic rings. The monoisotopic (exact) mass is 755 g/mol. The second-order valence-electron chi connectivity index (χ2n) is 14.6. The molecule has 0 amide bonds. The van der Waals surface area contributed by atoms with E-state index in [1.165, 1.54) is 30.5 Å². The third-order valence-corrected chi connectivity index (χ3v) is 7.24. The van der Waals surface area contributed by atoms with E-state index in [2.05, 4.69) is 63.0 Å². The second-order valence-corrected chi connectivity index (χ2v) is 14.6. The number of aliphatic imine (C=N–C) groups is 1. The number of benzene rings is 4. The Morgan fingerprint density at radius 1 is 0.774 bits per heavy atom. The van der Waals surface area contributed by atoms with Gasteiger partial charge in [0.05, 0.1) is 22.5 Å². The summed E-state index contributed by atoms with van der Waals surface area (Å²) in [4.78, 5) is 8.91. The normalized spacial score (nSPS) is 13.0. The average Bonchev–Trinajstić information content (AvgIpc) is 3.65. The molecule has 1 fully saturated rings. The van der Waals surface area contributed by atoms with E-state index in [0.717, 1.165) is 58.3 Å². The van der Waals surface area contributed by atoms with Crippen LogP contribution in [-0.2, 0) is 10.9 Å². The van der Waals surface area contributed by atoms with Gasteiger partial charge in [0.1, 0.15) is 11.4 Å². The first-order valence-electron chi connectivity index (χ1n) is 17.5. The fourth-order valence-corrected chi connectivity index (χ4v) is 4.79. The van der Waals surface area contributed by atoms with Gasteiger partial charge in [0, 0.05) is 37.4 Å². The van der Waals surface area contributed by atoms with Crippen LogP contribution in [0.5, 0.6) is 5.75 Å². The Bertz CT molecular complexity index is 1870. The van der Waals surface area contributed by atoms with Crippen molar-refractivity contribution in [3.63, 3.8) is 0 Å². The molecule has 1 aliphatic heterocycles. The van der Waals surface area contributed by atoms with Crippen LogP contribution in [0.3, 0.4) is 0 Å². The molecule has 1 aliphatic rings. The number of rotatable bonds is 4. The molecule has 0 saturated carbocycles. The van der Waals surface area contributed by atoms with Crippen molar-refractivity contribution in [3.8, 4) is 17.0 Å². The summed E-state index contributed by atoms with van der Waals surface area (Å²) in [7, 11) is 0. The van der Waals surface area contributed by atoms with Crippen molar-refractivity contribution in [2.75, 3.05) is 13.2 Å². The van der Waals surface area contributed by atoms with Gasteiger partial charge < -0.3 is 14.6 Å². The number of aromatic nitrogens is 1. The van der Waals surface area contributed by atoms with Crippen LogP contribution in [0, 0.1) is 13.8 Å². The van der Waals surface area contributed by atoms with Crippen LogP contribution in [0.2, 0.25) is 0 Å². The number of halogens is 3. The minimum Gasteiger partial charge on any atom is -0.850 e. The molecule has 0 radical (unpaired) electrons. The summed E-state index contributed by atoms with van der Waals surface area (Å²) in [6, 6.07) is 31.4. The molecular weight excluding hydrogens is 701 g/mol. The second kappa shape index (κ2) is 21.3. The number of hydrogen-bond donors (Lipinski definition) is 0. The predicted molar refractivity (Wildman–Crippen MR) is 209 cm³/mol. The zero-order valence-corrected chi connectivity index (χ0v) is 36.0. The van der Waals surface area contributed by atoms with Crippen LogP contribution < -0.4 is 61.2 Å². The molecule has 1 saturated heterocycles. The molecule has 6 rings (SSSR count). The van der Waals surface area contributed by atoms with Crippen LogP contribution in [0.4, 0.5) is 18.9 Å². The number of alkyl halides is 3. The Morgan fingerprint density at radius 2 is 1.28 bits per heavy atom. The Balaban J connectivity index is 0.000000419. The van der Waals surface area contributed by atoms with Crippen molar-refractivity contribution < 1.29 is 80.6 Å². The first kappa shape index (κ1) is 46.3. The number of ether oxygens (including phenoxy) is 2. The summed E-state index contributed by atoms with van der Waals surface area (Å²) in [6.45, 7) is 18.8. The van der Waals surface area contributed by atoms with E-state index >= 15 is 0 Å². The number of hydrogen-bond acceptors (Lipinski definition) is 5. The molecule has 0 spiro atoms. The summed E-state index contributed by atoms with van der Waals surface area (Å²) in [5.41, 5.74) is 4.95. The van der Waals surface area contributed by atoms with Gasteiger partial charge in [-0.25, -0.2) is 4.98 Å². The van der Waals surface area contributed by atoms with Crippen LogP contribution in [0.15, 0.2) is 108 Å². The standard InChI is InChI=1S/C20H21NO.C16H14F3N.C4H8O.C4H9O.K.H2/c1-14-9-11-15(12-10-14)18-13-19(22-20(2,3)4)16-7-5-6-8-17(16)21-18;1-11-7-9-13(10-8-11)12(2)20-15-6-4-3-5-14(15)16(17,18)19;1-2-4-5-3-1;1-4(2,3)5;;/h5-13H,1-4H3;3-10H,1-2H3;1-4H2;1-3H3;;1H/q;;;-1;+1;/i;;;;;1+1. The largest absolute Gasteiger partial charge is 1.00 e. The Labute approximate surface area is 358 Å². The van der Waals surface area contributed by atoms with Gasteiger partial charge in [-0.2, -0.15) is 13.2 Å². The third kappa shape index (κ3) is 17.4. The number of aryl methyl sites for hydroxylation is 2. The maximum absolute atomic E-state index is 12.9. The van der Waals surface area contributed by atoms with Crippen molar-refractivity contribution in [1.82, 2.24) is 4.98 Å². The summed E-state index contributed by atoms with van der Waals surface area (Å²) in [5.74, 6) is 0.883. The van der Waals surface area contributed by atoms with Gasteiger partial charge in [0.2, 0.25) is 0 Å². The molecule has 1 aromatic heterocycles. The molecule has 0 bridgehead atoms. The molecule has 4 aromatic carbocycles. The Hall–Kier alpha value is -2.89. The van der Waals surface area contributed by atoms with Crippen LogP contribution in [0.25, 0.3) is 22.2 Å². The zero-order valence-electron chi connectivity index (χ0n) is 32.9. The molecule has 0 N–H and O–H groups in total. The molecule has 2 heterocycles. The summed E-state index contributed by atoms with van der Waals surface area (Å²) >= 11 is 0. The van der Waals surface area contributed by atoms with Crippen molar-refractivity contribution in [2.24, 2.45) is 4.99 Å². The van der Waals surface area contributed by atoms with Gasteiger partial charge in [-0.3, -0.25) is 4.99 Å². The van der Waals surface area contributed by atoms with Gasteiger partial charge in [0.25, 0.3) is 0 Å². The van der Waals surface area contributed by atoms with Gasteiger partial charge in [-0.15, -0.1) is 5.60 Å². The fraction of sp³-hybridized carbons (Fsp3) is 0.364. The SMILES string of the molecule is C1CCOC1.CC(=Nc1ccccc1C(F)(F)F)c1ccc(C)cc1.CC(C)(C)[O-].Cc1ccc(-c2cc(OC(C)(C)C)c3ccccc3n2)cc1.[2HH].[K+]. The first-order valence-corrected chi connectivity index (χ1v) is 17.5. The summed E-state index contributed by atoms with van der Waals surface area (Å²) in [6.07, 6.45) is -1.84. The van der Waals surface area contributed by atoms with Crippen molar-refractivity contribution in [2.45, 2.75) is 92.5 Å². The first-order chi connectivity index (χ1) is 24.3. The third-order valence-electron chi connectivity index (χ3n) is 7.24. The topological polar surface area (TPSA) is 66.8 Å².